The van der Waals surface area contributed by atoms with Gasteiger partial charge in [0, 0.05) is 102 Å². The number of hydrogen-bond acceptors (Lipinski definition) is 5. The Hall–Kier alpha value is -16.0. The lowest BCUT2D eigenvalue weighted by atomic mass is 9.85. The number of hydrogen-bond donors (Lipinski definition) is 0. The maximum Gasteiger partial charge on any atom is 0.265 e. The monoisotopic (exact) mass is 1770 g/mol. The molecule has 10 aromatic carbocycles. The molecule has 15 heteroatoms. The first kappa shape index (κ1) is 86.7. The molecule has 136 heavy (non-hydrogen) atoms. The Labute approximate surface area is 791 Å². The first-order chi connectivity index (χ1) is 66.0. The van der Waals surface area contributed by atoms with Crippen molar-refractivity contribution in [3.63, 3.8) is 0 Å². The molecule has 0 aliphatic rings. The lowest BCUT2D eigenvalue weighted by Crippen LogP contribution is -2.34. The van der Waals surface area contributed by atoms with E-state index in [9.17, 15) is 0 Å². The molecule has 0 radical (unpaired) electrons. The van der Waals surface area contributed by atoms with Crippen LogP contribution in [0.2, 0.25) is 0 Å². The average molecular weight is 1780 g/mol. The Morgan fingerprint density at radius 1 is 0.235 bits per heavy atom. The van der Waals surface area contributed by atoms with Crippen LogP contribution in [0.25, 0.3) is 192 Å². The molecular weight excluding hydrogens is 1660 g/mol. The standard InChI is InChI=1S/C34H26N3.C28H30N3.C24H22N3.C18H18N3.C17H16N3/c1-23-20-21-35-32-28-16-9-10-17-29(28)34-30(22-36(2)37(34)33(23)32)31-26(24-12-5-3-6-13-24)18-11-19-27(31)25-14-7-4-8-15-25;1-17(2)20-12-9-13-21(18(3)4)25(20)24-16-30(6)31-27-19(5)14-15-29-26(27)22-10-7-8-11-23(22)28(24)31;1-15-8-7-9-16(2)21(15)20-14-26(4)27-23-17(3)12-13-25-22(23)18-10-5-6-11-19(18)24(20)27;1-11-9-10-19-16-14-7-5-6-8-15(14)18-12(2)13(3)20(4)21(18)17(11)16;1-11-8-9-18-15-13-6-4-5-7-14(13)16-12(2)10-19(3)20(16)17(11)15/h3-22H,1-2H3;7-18H,1-6H3;5-14H,1-4H3;5-10H,1-4H3;4-10H,1-3H3/q5*+1. The molecule has 0 aliphatic heterocycles. The maximum absolute atomic E-state index is 4.84. The second kappa shape index (κ2) is 34.5. The van der Waals surface area contributed by atoms with Crippen LogP contribution in [0.15, 0.2) is 323 Å². The highest BCUT2D eigenvalue weighted by molar-refractivity contribution is 6.19. The molecule has 0 aliphatic carbocycles. The van der Waals surface area contributed by atoms with E-state index in [1.807, 2.05) is 31.0 Å². The predicted molar refractivity (Wildman–Crippen MR) is 560 cm³/mol. The van der Waals surface area contributed by atoms with E-state index in [2.05, 4.69) is 480 Å². The molecule has 666 valence electrons. The molecule has 25 rings (SSSR count). The van der Waals surface area contributed by atoms with E-state index in [0.29, 0.717) is 11.8 Å². The number of rotatable bonds is 7. The van der Waals surface area contributed by atoms with E-state index in [0.717, 1.165) is 33.1 Å². The van der Waals surface area contributed by atoms with E-state index in [4.69, 9.17) is 15.0 Å². The Kier molecular flexibility index (Phi) is 22.0. The van der Waals surface area contributed by atoms with Gasteiger partial charge in [-0.15, -0.1) is 36.8 Å². The summed E-state index contributed by atoms with van der Waals surface area (Å²) in [4.78, 5) is 23.7. The summed E-state index contributed by atoms with van der Waals surface area (Å²) >= 11 is 0. The molecule has 0 saturated carbocycles. The molecule has 0 bridgehead atoms. The van der Waals surface area contributed by atoms with E-state index in [-0.39, 0.29) is 0 Å². The van der Waals surface area contributed by atoms with Gasteiger partial charge in [0.1, 0.15) is 71.7 Å². The summed E-state index contributed by atoms with van der Waals surface area (Å²) < 4.78 is 22.6. The highest BCUT2D eigenvalue weighted by Gasteiger charge is 2.33. The van der Waals surface area contributed by atoms with Crippen LogP contribution in [0.5, 0.6) is 0 Å². The van der Waals surface area contributed by atoms with Gasteiger partial charge in [-0.3, -0.25) is 19.9 Å². The van der Waals surface area contributed by atoms with Crippen LogP contribution in [0, 0.1) is 69.2 Å². The number of aromatic nitrogens is 15. The fourth-order valence-corrected chi connectivity index (χ4v) is 21.9. The summed E-state index contributed by atoms with van der Waals surface area (Å²) in [6, 6.07) is 95.0. The summed E-state index contributed by atoms with van der Waals surface area (Å²) in [7, 11) is 10.6. The third kappa shape index (κ3) is 14.1. The Morgan fingerprint density at radius 3 is 0.926 bits per heavy atom. The van der Waals surface area contributed by atoms with Crippen molar-refractivity contribution in [1.29, 1.82) is 0 Å². The van der Waals surface area contributed by atoms with Crippen molar-refractivity contribution in [3.05, 3.63) is 390 Å². The average Bonchev–Trinajstić information content (AvgIpc) is 1.58. The van der Waals surface area contributed by atoms with Crippen LogP contribution in [-0.4, -0.2) is 47.7 Å². The van der Waals surface area contributed by atoms with Gasteiger partial charge in [-0.05, 0) is 195 Å². The fourth-order valence-electron chi connectivity index (χ4n) is 21.9. The molecule has 0 fully saturated rings. The highest BCUT2D eigenvalue weighted by atomic mass is 15.4. The molecular formula is C121H112N15+5. The van der Waals surface area contributed by atoms with Crippen LogP contribution >= 0.6 is 0 Å². The van der Waals surface area contributed by atoms with Gasteiger partial charge >= 0.3 is 0 Å². The van der Waals surface area contributed by atoms with Gasteiger partial charge in [0.15, 0.2) is 34.4 Å². The molecule has 0 spiro atoms. The molecule has 0 saturated heterocycles. The topological polar surface area (TPSA) is 107 Å². The van der Waals surface area contributed by atoms with Crippen molar-refractivity contribution in [1.82, 2.24) is 47.7 Å². The zero-order valence-corrected chi connectivity index (χ0v) is 81.0. The van der Waals surface area contributed by atoms with Crippen molar-refractivity contribution in [3.8, 4) is 55.6 Å². The Balaban J connectivity index is 0.000000103. The summed E-state index contributed by atoms with van der Waals surface area (Å²) in [5.74, 6) is 0.896. The molecule has 0 atom stereocenters. The summed E-state index contributed by atoms with van der Waals surface area (Å²) in [6.07, 6.45) is 18.6. The van der Waals surface area contributed by atoms with E-state index in [1.165, 1.54) is 226 Å². The van der Waals surface area contributed by atoms with Crippen LogP contribution in [0.1, 0.15) is 106 Å². The van der Waals surface area contributed by atoms with Crippen molar-refractivity contribution >= 4 is 137 Å². The van der Waals surface area contributed by atoms with Crippen LogP contribution in [0.3, 0.4) is 0 Å². The molecule has 0 unspecified atom stereocenters. The fraction of sp³-hybridized carbons (Fsp3) is 0.174. The van der Waals surface area contributed by atoms with Gasteiger partial charge in [0.05, 0.1) is 34.8 Å². The predicted octanol–water partition coefficient (Wildman–Crippen LogP) is 26.0. The SMILES string of the molecule is Cc1c(C)n(C)[n+]2c1c1ccccc1c1nccc(C)c12.Cc1c[n+](C)n2c1c1ccccc1c1nccc(C)c12.Cc1cccc(C)c1-c1c[n+](C)n2c1c1ccccc1c1nccc(C)c12.Cc1ccnc2c3ccccc3c3c(-c4c(-c5ccccc5)cccc4-c4ccccc4)c[n+](C)n3c12.Cc1ccnc2c3ccccc3c3c(-c4c(C(C)C)cccc4C(C)C)c[n+](C)n3c12. The molecule has 15 aromatic heterocycles. The second-order valence-electron chi connectivity index (χ2n) is 37.5. The zero-order valence-electron chi connectivity index (χ0n) is 81.0. The number of aryl methyl sites for hydroxylation is 14. The lowest BCUT2D eigenvalue weighted by molar-refractivity contribution is -0.735. The van der Waals surface area contributed by atoms with Crippen LogP contribution < -0.4 is 23.2 Å². The van der Waals surface area contributed by atoms with Crippen molar-refractivity contribution in [2.45, 2.75) is 109 Å². The molecule has 15 nitrogen and oxygen atoms in total. The minimum absolute atomic E-state index is 0.448. The lowest BCUT2D eigenvalue weighted by Gasteiger charge is -2.18. The molecule has 25 aromatic rings. The van der Waals surface area contributed by atoms with E-state index in [1.54, 1.807) is 0 Å². The molecule has 0 amide bonds. The van der Waals surface area contributed by atoms with Gasteiger partial charge in [-0.2, -0.15) is 4.68 Å². The molecule has 15 heterocycles. The Bertz CT molecular complexity index is 9070. The minimum atomic E-state index is 0.448. The largest absolute Gasteiger partial charge is 0.265 e. The van der Waals surface area contributed by atoms with E-state index >= 15 is 0 Å². The molecule has 0 N–H and O–H groups in total. The van der Waals surface area contributed by atoms with Crippen LogP contribution in [0.4, 0.5) is 0 Å². The second-order valence-corrected chi connectivity index (χ2v) is 37.5. The third-order valence-electron chi connectivity index (χ3n) is 28.2. The third-order valence-corrected chi connectivity index (χ3v) is 28.2. The van der Waals surface area contributed by atoms with Crippen LogP contribution in [-0.2, 0) is 35.2 Å². The normalized spacial score (nSPS) is 11.8. The van der Waals surface area contributed by atoms with E-state index < -0.39 is 0 Å². The van der Waals surface area contributed by atoms with Gasteiger partial charge in [0.25, 0.3) is 5.52 Å². The first-order valence-electron chi connectivity index (χ1n) is 47.2. The van der Waals surface area contributed by atoms with Crippen molar-refractivity contribution in [2.24, 2.45) is 35.2 Å². The van der Waals surface area contributed by atoms with Gasteiger partial charge < -0.3 is 0 Å². The minimum Gasteiger partial charge on any atom is -0.254 e. The first-order valence-corrected chi connectivity index (χ1v) is 47.2. The maximum atomic E-state index is 4.84. The quantitative estimate of drug-likeness (QED) is 0.117. The number of benzene rings is 10. The number of nitrogens with zero attached hydrogens (tertiary/aromatic N) is 15. The summed E-state index contributed by atoms with van der Waals surface area (Å²) in [5, 5.41) is 12.2. The highest BCUT2D eigenvalue weighted by Crippen LogP contribution is 2.47. The number of fused-ring (bicyclic) bond motifs is 30. The summed E-state index contributed by atoms with van der Waals surface area (Å²) in [5.41, 5.74) is 45.5. The zero-order chi connectivity index (χ0) is 94.1. The Morgan fingerprint density at radius 2 is 0.537 bits per heavy atom. The smallest absolute Gasteiger partial charge is 0.254 e. The van der Waals surface area contributed by atoms with Crippen molar-refractivity contribution in [2.75, 3.05) is 0 Å². The van der Waals surface area contributed by atoms with Crippen molar-refractivity contribution < 1.29 is 23.2 Å². The number of pyridine rings is 10. The van der Waals surface area contributed by atoms with Gasteiger partial charge in [-0.1, -0.05) is 263 Å². The summed E-state index contributed by atoms with van der Waals surface area (Å²) in [6.45, 7) is 30.9. The van der Waals surface area contributed by atoms with Gasteiger partial charge in [-0.25, -0.2) is 4.98 Å². The van der Waals surface area contributed by atoms with Gasteiger partial charge in [0.2, 0.25) is 24.1 Å².